The normalized spacial score (nSPS) is 45.7. The molecule has 0 unspecified atom stereocenters. The van der Waals surface area contributed by atoms with E-state index < -0.39 is 8.32 Å². The minimum atomic E-state index is -1.88. The molecule has 0 saturated heterocycles. The van der Waals surface area contributed by atoms with E-state index in [2.05, 4.69) is 75.1 Å². The standard InChI is InChI=1S/C35H62O2Si/c1-22(2)23(3)19-30(37-38(11,12)32(5,6)7)24(4)27-13-14-28-26-20-31(36-10)35-21-25(35)15-18-34(35,9)29(26)16-17-33(27,28)8/h22,24-31H,3,13-21H2,1-2,4-12H3/t24-,25-,26-,27+,28-,29-,30-,31+,33+,34+,35-/m0/s1. The fraction of sp³-hybridized carbons (Fsp3) is 0.943. The molecule has 0 N–H and O–H groups in total. The summed E-state index contributed by atoms with van der Waals surface area (Å²) in [6, 6.07) is 0. The van der Waals surface area contributed by atoms with Crippen LogP contribution in [-0.2, 0) is 9.16 Å². The molecule has 5 saturated carbocycles. The van der Waals surface area contributed by atoms with Crippen molar-refractivity contribution in [3.63, 3.8) is 0 Å². The van der Waals surface area contributed by atoms with Crippen LogP contribution in [0.1, 0.15) is 113 Å². The van der Waals surface area contributed by atoms with Crippen LogP contribution in [0.3, 0.4) is 0 Å². The second-order valence-electron chi connectivity index (χ2n) is 17.3. The molecule has 2 nitrogen and oxygen atoms in total. The van der Waals surface area contributed by atoms with E-state index in [4.69, 9.17) is 9.16 Å². The molecular formula is C35H62O2Si. The molecule has 0 radical (unpaired) electrons. The van der Waals surface area contributed by atoms with Crippen molar-refractivity contribution < 1.29 is 9.16 Å². The molecule has 1 spiro atoms. The Morgan fingerprint density at radius 3 is 2.26 bits per heavy atom. The second kappa shape index (κ2) is 9.45. The van der Waals surface area contributed by atoms with Crippen LogP contribution in [0.25, 0.3) is 0 Å². The van der Waals surface area contributed by atoms with Gasteiger partial charge in [-0.2, -0.15) is 0 Å². The van der Waals surface area contributed by atoms with E-state index in [9.17, 15) is 0 Å². The molecule has 0 aromatic carbocycles. The maximum Gasteiger partial charge on any atom is 0.192 e. The molecule has 11 atom stereocenters. The lowest BCUT2D eigenvalue weighted by molar-refractivity contribution is -0.162. The second-order valence-corrected chi connectivity index (χ2v) is 22.0. The Balaban J connectivity index is 1.40. The fourth-order valence-corrected chi connectivity index (χ4v) is 12.5. The van der Waals surface area contributed by atoms with Gasteiger partial charge in [0.25, 0.3) is 0 Å². The first-order valence-electron chi connectivity index (χ1n) is 16.4. The van der Waals surface area contributed by atoms with Crippen LogP contribution >= 0.6 is 0 Å². The van der Waals surface area contributed by atoms with Crippen LogP contribution < -0.4 is 0 Å². The molecule has 0 bridgehead atoms. The summed E-state index contributed by atoms with van der Waals surface area (Å²) in [7, 11) is 0.148. The van der Waals surface area contributed by atoms with E-state index in [0.29, 0.717) is 40.3 Å². The molecule has 218 valence electrons. The third-order valence-electron chi connectivity index (χ3n) is 14.7. The lowest BCUT2D eigenvalue weighted by Crippen LogP contribution is -2.57. The van der Waals surface area contributed by atoms with Crippen molar-refractivity contribution in [2.75, 3.05) is 7.11 Å². The largest absolute Gasteiger partial charge is 0.413 e. The fourth-order valence-electron chi connectivity index (χ4n) is 11.1. The van der Waals surface area contributed by atoms with Crippen LogP contribution in [0.5, 0.6) is 0 Å². The van der Waals surface area contributed by atoms with E-state index >= 15 is 0 Å². The number of hydrogen-bond acceptors (Lipinski definition) is 2. The smallest absolute Gasteiger partial charge is 0.192 e. The Morgan fingerprint density at radius 2 is 1.68 bits per heavy atom. The van der Waals surface area contributed by atoms with Gasteiger partial charge < -0.3 is 9.16 Å². The summed E-state index contributed by atoms with van der Waals surface area (Å²) in [4.78, 5) is 0. The molecule has 0 amide bonds. The van der Waals surface area contributed by atoms with E-state index in [1.165, 1.54) is 56.9 Å². The highest BCUT2D eigenvalue weighted by Gasteiger charge is 2.77. The first-order valence-corrected chi connectivity index (χ1v) is 19.3. The summed E-state index contributed by atoms with van der Waals surface area (Å²) in [6.45, 7) is 29.2. The maximum absolute atomic E-state index is 7.31. The van der Waals surface area contributed by atoms with E-state index in [1.54, 1.807) is 0 Å². The van der Waals surface area contributed by atoms with E-state index in [-0.39, 0.29) is 5.04 Å². The summed E-state index contributed by atoms with van der Waals surface area (Å²) in [5, 5.41) is 0.231. The van der Waals surface area contributed by atoms with E-state index in [1.807, 2.05) is 7.11 Å². The Hall–Kier alpha value is -0.123. The van der Waals surface area contributed by atoms with Gasteiger partial charge in [0.05, 0.1) is 12.2 Å². The third-order valence-corrected chi connectivity index (χ3v) is 19.2. The summed E-state index contributed by atoms with van der Waals surface area (Å²) >= 11 is 0. The summed E-state index contributed by atoms with van der Waals surface area (Å²) in [5.74, 6) is 5.46. The number of ether oxygens (including phenoxy) is 1. The van der Waals surface area contributed by atoms with Crippen molar-refractivity contribution in [2.45, 2.75) is 144 Å². The molecule has 5 fully saturated rings. The highest BCUT2D eigenvalue weighted by Crippen LogP contribution is 2.82. The van der Waals surface area contributed by atoms with E-state index in [0.717, 1.165) is 36.0 Å². The average Bonchev–Trinajstić information content (AvgIpc) is 3.33. The van der Waals surface area contributed by atoms with Gasteiger partial charge >= 0.3 is 0 Å². The molecule has 5 aliphatic carbocycles. The molecule has 0 aromatic heterocycles. The highest BCUT2D eigenvalue weighted by molar-refractivity contribution is 6.74. The third kappa shape index (κ3) is 4.12. The van der Waals surface area contributed by atoms with Gasteiger partial charge in [0.2, 0.25) is 0 Å². The highest BCUT2D eigenvalue weighted by atomic mass is 28.4. The zero-order chi connectivity index (χ0) is 28.1. The quantitative estimate of drug-likeness (QED) is 0.224. The Bertz CT molecular complexity index is 917. The number of rotatable bonds is 8. The molecule has 5 rings (SSSR count). The maximum atomic E-state index is 7.31. The molecule has 3 heteroatoms. The average molecular weight is 543 g/mol. The van der Waals surface area contributed by atoms with Crippen molar-refractivity contribution in [2.24, 2.45) is 57.7 Å². The minimum Gasteiger partial charge on any atom is -0.413 e. The monoisotopic (exact) mass is 542 g/mol. The van der Waals surface area contributed by atoms with Crippen LogP contribution in [-0.4, -0.2) is 27.6 Å². The van der Waals surface area contributed by atoms with Crippen molar-refractivity contribution in [1.29, 1.82) is 0 Å². The molecule has 5 aliphatic rings. The molecular weight excluding hydrogens is 480 g/mol. The van der Waals surface area contributed by atoms with Gasteiger partial charge in [-0.25, -0.2) is 0 Å². The Morgan fingerprint density at radius 1 is 1.00 bits per heavy atom. The first-order chi connectivity index (χ1) is 17.5. The first kappa shape index (κ1) is 29.4. The van der Waals surface area contributed by atoms with Gasteiger partial charge in [-0.3, -0.25) is 0 Å². The van der Waals surface area contributed by atoms with Crippen molar-refractivity contribution in [1.82, 2.24) is 0 Å². The van der Waals surface area contributed by atoms with Gasteiger partial charge in [-0.1, -0.05) is 67.5 Å². The van der Waals surface area contributed by atoms with Crippen LogP contribution in [0.2, 0.25) is 18.1 Å². The lowest BCUT2D eigenvalue weighted by Gasteiger charge is -2.61. The molecule has 0 aromatic rings. The predicted molar refractivity (Wildman–Crippen MR) is 164 cm³/mol. The van der Waals surface area contributed by atoms with Gasteiger partial charge in [0, 0.05) is 12.5 Å². The number of fused-ring (bicyclic) bond motifs is 4. The summed E-state index contributed by atoms with van der Waals surface area (Å²) < 4.78 is 13.7. The summed E-state index contributed by atoms with van der Waals surface area (Å²) in [6.07, 6.45) is 13.2. The van der Waals surface area contributed by atoms with Gasteiger partial charge in [0.1, 0.15) is 0 Å². The lowest BCUT2D eigenvalue weighted by atomic mass is 9.45. The van der Waals surface area contributed by atoms with Crippen molar-refractivity contribution >= 4 is 8.32 Å². The topological polar surface area (TPSA) is 18.5 Å². The SMILES string of the molecule is C=C(C[C@H](O[Si](C)(C)C(C)(C)C)[C@@H](C)[C@H]1CC[C@H]2[C@@H]3C[C@@H](OC)[C@]45C[C@@H]4CC[C@]5(C)[C@H]3CC[C@]12C)C(C)C. The van der Waals surface area contributed by atoms with Crippen LogP contribution in [0, 0.1) is 57.7 Å². The Labute approximate surface area is 237 Å². The van der Waals surface area contributed by atoms with Gasteiger partial charge in [0.15, 0.2) is 8.32 Å². The zero-order valence-corrected chi connectivity index (χ0v) is 28.1. The zero-order valence-electron chi connectivity index (χ0n) is 27.1. The summed E-state index contributed by atoms with van der Waals surface area (Å²) in [5.41, 5.74) is 2.86. The molecule has 0 heterocycles. The van der Waals surface area contributed by atoms with Crippen LogP contribution in [0.15, 0.2) is 12.2 Å². The number of hydrogen-bond donors (Lipinski definition) is 0. The van der Waals surface area contributed by atoms with Gasteiger partial charge in [-0.15, -0.1) is 0 Å². The Kier molecular flexibility index (Phi) is 7.30. The van der Waals surface area contributed by atoms with Crippen molar-refractivity contribution in [3.05, 3.63) is 12.2 Å². The predicted octanol–water partition coefficient (Wildman–Crippen LogP) is 9.90. The molecule has 38 heavy (non-hydrogen) atoms. The van der Waals surface area contributed by atoms with Crippen LogP contribution in [0.4, 0.5) is 0 Å². The molecule has 0 aliphatic heterocycles. The van der Waals surface area contributed by atoms with Crippen molar-refractivity contribution in [3.8, 4) is 0 Å². The minimum absolute atomic E-state index is 0.231. The number of methoxy groups -OCH3 is 1. The van der Waals surface area contributed by atoms with Gasteiger partial charge in [-0.05, 0) is 128 Å².